The summed E-state index contributed by atoms with van der Waals surface area (Å²) < 4.78 is 27.5. The highest BCUT2D eigenvalue weighted by atomic mass is 32.2. The van der Waals surface area contributed by atoms with Gasteiger partial charge in [0, 0.05) is 19.1 Å². The third kappa shape index (κ3) is 3.91. The number of benzene rings is 1. The van der Waals surface area contributed by atoms with E-state index in [1.54, 1.807) is 6.07 Å². The molecule has 1 atom stereocenters. The Labute approximate surface area is 157 Å². The van der Waals surface area contributed by atoms with Crippen LogP contribution in [0.3, 0.4) is 0 Å². The number of sulfonamides is 1. The number of hydrogen-bond acceptors (Lipinski definition) is 6. The lowest BCUT2D eigenvalue weighted by atomic mass is 10.0. The Morgan fingerprint density at radius 1 is 1.33 bits per heavy atom. The van der Waals surface area contributed by atoms with Gasteiger partial charge in [-0.1, -0.05) is 11.8 Å². The average Bonchev–Trinajstić information content (AvgIpc) is 3.36. The molecule has 9 nitrogen and oxygen atoms in total. The fourth-order valence-electron chi connectivity index (χ4n) is 3.26. The third-order valence-electron chi connectivity index (χ3n) is 4.90. The van der Waals surface area contributed by atoms with E-state index in [0.717, 1.165) is 30.5 Å². The molecule has 27 heavy (non-hydrogen) atoms. The minimum Gasteiger partial charge on any atom is -0.385 e. The zero-order valence-electron chi connectivity index (χ0n) is 15.2. The Morgan fingerprint density at radius 3 is 2.89 bits per heavy atom. The van der Waals surface area contributed by atoms with Crippen LogP contribution in [0, 0.1) is 5.92 Å². The average molecular weight is 393 g/mol. The van der Waals surface area contributed by atoms with Gasteiger partial charge in [-0.25, -0.2) is 8.42 Å². The fraction of sp³-hybridized carbons (Fsp3) is 0.588. The molecule has 0 radical (unpaired) electrons. The van der Waals surface area contributed by atoms with Crippen molar-refractivity contribution in [2.45, 2.75) is 43.5 Å². The fourth-order valence-corrected chi connectivity index (χ4v) is 4.88. The van der Waals surface area contributed by atoms with Crippen molar-refractivity contribution in [2.24, 2.45) is 5.92 Å². The van der Waals surface area contributed by atoms with Crippen LogP contribution in [0.4, 0.5) is 0 Å². The molecule has 2 aromatic rings. The topological polar surface area (TPSA) is 106 Å². The smallest absolute Gasteiger partial charge is 0.260 e. The van der Waals surface area contributed by atoms with Gasteiger partial charge < -0.3 is 10.2 Å². The summed E-state index contributed by atoms with van der Waals surface area (Å²) in [4.78, 5) is 18.5. The van der Waals surface area contributed by atoms with Crippen LogP contribution in [-0.2, 0) is 14.8 Å². The van der Waals surface area contributed by atoms with E-state index in [2.05, 4.69) is 22.6 Å². The first-order chi connectivity index (χ1) is 12.9. The Balaban J connectivity index is 1.54. The summed E-state index contributed by atoms with van der Waals surface area (Å²) in [6.45, 7) is 2.91. The number of hydrogen-bond donors (Lipinski definition) is 1. The Morgan fingerprint density at radius 2 is 2.15 bits per heavy atom. The maximum Gasteiger partial charge on any atom is 0.260 e. The lowest BCUT2D eigenvalue weighted by Gasteiger charge is -2.30. The summed E-state index contributed by atoms with van der Waals surface area (Å²) >= 11 is 0. The molecule has 1 aliphatic carbocycles. The number of aromatic nitrogens is 3. The molecule has 1 amide bonds. The molecule has 0 spiro atoms. The molecule has 0 unspecified atom stereocenters. The van der Waals surface area contributed by atoms with Gasteiger partial charge in [-0.15, -0.1) is 5.10 Å². The maximum absolute atomic E-state index is 13.0. The number of fused-ring (bicyclic) bond motifs is 1. The maximum atomic E-state index is 13.0. The van der Waals surface area contributed by atoms with E-state index in [4.69, 9.17) is 4.84 Å². The summed E-state index contributed by atoms with van der Waals surface area (Å²) in [5.74, 6) is 0.116. The lowest BCUT2D eigenvalue weighted by molar-refractivity contribution is -0.126. The van der Waals surface area contributed by atoms with Crippen LogP contribution in [0.25, 0.3) is 11.0 Å². The lowest BCUT2D eigenvalue weighted by Crippen LogP contribution is -2.39. The summed E-state index contributed by atoms with van der Waals surface area (Å²) in [6.07, 6.45) is 3.89. The number of nitrogens with zero attached hydrogens (tertiary/aromatic N) is 4. The molecule has 2 fully saturated rings. The van der Waals surface area contributed by atoms with Crippen LogP contribution in [0.1, 0.15) is 32.6 Å². The molecule has 1 saturated heterocycles. The van der Waals surface area contributed by atoms with Gasteiger partial charge in [0.25, 0.3) is 5.91 Å². The number of amides is 1. The van der Waals surface area contributed by atoms with Gasteiger partial charge in [-0.05, 0) is 55.0 Å². The normalized spacial score (nSPS) is 21.3. The van der Waals surface area contributed by atoms with Crippen LogP contribution in [0.5, 0.6) is 0 Å². The molecule has 146 valence electrons. The SMILES string of the molecule is C[C@H]1CCCN(S(=O)(=O)c2ccc3nnn(OCC(=O)NC4CC4)c3c2)C1. The van der Waals surface area contributed by atoms with Gasteiger partial charge in [-0.3, -0.25) is 4.79 Å². The molecule has 0 bridgehead atoms. The zero-order valence-corrected chi connectivity index (χ0v) is 16.0. The quantitative estimate of drug-likeness (QED) is 0.769. The van der Waals surface area contributed by atoms with E-state index < -0.39 is 10.0 Å². The van der Waals surface area contributed by atoms with Crippen LogP contribution in [0.15, 0.2) is 23.1 Å². The largest absolute Gasteiger partial charge is 0.385 e. The predicted octanol–water partition coefficient (Wildman–Crippen LogP) is 0.559. The minimum absolute atomic E-state index is 0.179. The molecule has 1 N–H and O–H groups in total. The molecular formula is C17H23N5O4S. The summed E-state index contributed by atoms with van der Waals surface area (Å²) in [6, 6.07) is 4.89. The highest BCUT2D eigenvalue weighted by Gasteiger charge is 2.29. The van der Waals surface area contributed by atoms with Crippen molar-refractivity contribution in [3.8, 4) is 0 Å². The van der Waals surface area contributed by atoms with Crippen LogP contribution in [0.2, 0.25) is 0 Å². The second-order valence-corrected chi connectivity index (χ2v) is 9.28. The zero-order chi connectivity index (χ0) is 19.0. The molecule has 1 aliphatic heterocycles. The van der Waals surface area contributed by atoms with Crippen LogP contribution in [-0.4, -0.2) is 59.5 Å². The molecule has 4 rings (SSSR count). The first kappa shape index (κ1) is 18.2. The van der Waals surface area contributed by atoms with Gasteiger partial charge >= 0.3 is 0 Å². The van der Waals surface area contributed by atoms with Crippen molar-refractivity contribution in [2.75, 3.05) is 19.7 Å². The van der Waals surface area contributed by atoms with Crippen molar-refractivity contribution < 1.29 is 18.0 Å². The van der Waals surface area contributed by atoms with Gasteiger partial charge in [0.15, 0.2) is 6.61 Å². The summed E-state index contributed by atoms with van der Waals surface area (Å²) in [7, 11) is -3.59. The van der Waals surface area contributed by atoms with Crippen molar-refractivity contribution >= 4 is 27.0 Å². The number of rotatable bonds is 6. The monoisotopic (exact) mass is 393 g/mol. The first-order valence-corrected chi connectivity index (χ1v) is 10.7. The van der Waals surface area contributed by atoms with Crippen molar-refractivity contribution in [1.29, 1.82) is 0 Å². The van der Waals surface area contributed by atoms with Gasteiger partial charge in [0.05, 0.1) is 4.90 Å². The van der Waals surface area contributed by atoms with Gasteiger partial charge in [0.2, 0.25) is 10.0 Å². The van der Waals surface area contributed by atoms with Crippen LogP contribution < -0.4 is 10.2 Å². The number of carbonyl (C=O) groups excluding carboxylic acids is 1. The number of carbonyl (C=O) groups is 1. The Hall–Kier alpha value is -2.20. The highest BCUT2D eigenvalue weighted by molar-refractivity contribution is 7.89. The van der Waals surface area contributed by atoms with E-state index in [0.29, 0.717) is 30.0 Å². The van der Waals surface area contributed by atoms with E-state index in [-0.39, 0.29) is 23.5 Å². The molecule has 2 heterocycles. The van der Waals surface area contributed by atoms with Crippen LogP contribution >= 0.6 is 0 Å². The van der Waals surface area contributed by atoms with E-state index >= 15 is 0 Å². The third-order valence-corrected chi connectivity index (χ3v) is 6.77. The van der Waals surface area contributed by atoms with Crippen molar-refractivity contribution in [3.63, 3.8) is 0 Å². The highest BCUT2D eigenvalue weighted by Crippen LogP contribution is 2.25. The number of piperidine rings is 1. The van der Waals surface area contributed by atoms with E-state index in [1.165, 1.54) is 16.4 Å². The molecule has 1 saturated carbocycles. The number of nitrogens with one attached hydrogen (secondary N) is 1. The minimum atomic E-state index is -3.59. The predicted molar refractivity (Wildman–Crippen MR) is 97.3 cm³/mol. The van der Waals surface area contributed by atoms with Gasteiger partial charge in [-0.2, -0.15) is 4.31 Å². The molecule has 2 aliphatic rings. The van der Waals surface area contributed by atoms with Gasteiger partial charge in [0.1, 0.15) is 11.0 Å². The molecule has 1 aromatic heterocycles. The molecule has 1 aromatic carbocycles. The summed E-state index contributed by atoms with van der Waals surface area (Å²) in [5.41, 5.74) is 0.920. The second-order valence-electron chi connectivity index (χ2n) is 7.34. The van der Waals surface area contributed by atoms with Crippen molar-refractivity contribution in [3.05, 3.63) is 18.2 Å². The molecular weight excluding hydrogens is 370 g/mol. The van der Waals surface area contributed by atoms with Crippen molar-refractivity contribution in [1.82, 2.24) is 24.8 Å². The Bertz CT molecular complexity index is 953. The van der Waals surface area contributed by atoms with E-state index in [9.17, 15) is 13.2 Å². The van der Waals surface area contributed by atoms with E-state index in [1.807, 2.05) is 0 Å². The first-order valence-electron chi connectivity index (χ1n) is 9.22. The summed E-state index contributed by atoms with van der Waals surface area (Å²) in [5, 5.41) is 10.7. The molecule has 10 heteroatoms. The standard InChI is InChI=1S/C17H23N5O4S/c1-12-3-2-8-21(10-12)27(24,25)14-6-7-15-16(9-14)22(20-19-15)26-11-17(23)18-13-4-5-13/h6-7,9,12-13H,2-5,8,10-11H2,1H3,(H,18,23)/t12-/m0/s1. The second kappa shape index (κ2) is 7.08. The Kier molecular flexibility index (Phi) is 4.77.